The maximum absolute atomic E-state index is 12.7. The number of carbonyl (C=O) groups is 1. The molecule has 0 spiro atoms. The largest absolute Gasteiger partial charge is 0.494 e. The molecule has 1 saturated heterocycles. The Balaban J connectivity index is 1.30. The molecule has 2 heterocycles. The summed E-state index contributed by atoms with van der Waals surface area (Å²) >= 11 is 0. The van der Waals surface area contributed by atoms with Gasteiger partial charge in [-0.1, -0.05) is 19.1 Å². The molecule has 1 aromatic carbocycles. The Hall–Kier alpha value is -2.63. The summed E-state index contributed by atoms with van der Waals surface area (Å²) in [5.41, 5.74) is 3.33. The number of nitrogens with zero attached hydrogens (tertiary/aromatic N) is 3. The molecular weight excluding hydrogens is 376 g/mol. The molecule has 30 heavy (non-hydrogen) atoms. The lowest BCUT2D eigenvalue weighted by Crippen LogP contribution is -2.35. The molecule has 6 heteroatoms. The third-order valence-electron chi connectivity index (χ3n) is 6.01. The summed E-state index contributed by atoms with van der Waals surface area (Å²) in [6.07, 6.45) is 9.10. The van der Waals surface area contributed by atoms with Crippen LogP contribution < -0.4 is 15.0 Å². The van der Waals surface area contributed by atoms with Gasteiger partial charge < -0.3 is 15.0 Å². The molecule has 1 aromatic heterocycles. The Morgan fingerprint density at radius 3 is 2.77 bits per heavy atom. The van der Waals surface area contributed by atoms with Crippen LogP contribution in [0, 0.1) is 5.92 Å². The molecule has 1 fully saturated rings. The van der Waals surface area contributed by atoms with Gasteiger partial charge in [-0.3, -0.25) is 4.79 Å². The normalized spacial score (nSPS) is 18.6. The minimum atomic E-state index is -0.00547. The van der Waals surface area contributed by atoms with E-state index in [9.17, 15) is 4.79 Å². The number of ether oxygens (including phenoxy) is 1. The molecule has 0 bridgehead atoms. The maximum atomic E-state index is 12.7. The highest BCUT2D eigenvalue weighted by Gasteiger charge is 2.26. The lowest BCUT2D eigenvalue weighted by molar-refractivity contribution is -0.125. The number of anilines is 1. The zero-order valence-corrected chi connectivity index (χ0v) is 17.9. The van der Waals surface area contributed by atoms with Crippen molar-refractivity contribution in [3.8, 4) is 5.75 Å². The van der Waals surface area contributed by atoms with Crippen LogP contribution in [0.25, 0.3) is 0 Å². The Labute approximate surface area is 179 Å². The first-order valence-corrected chi connectivity index (χ1v) is 11.3. The van der Waals surface area contributed by atoms with E-state index in [1.165, 1.54) is 19.3 Å². The molecule has 2 aliphatic rings. The predicted octanol–water partition coefficient (Wildman–Crippen LogP) is 3.68. The summed E-state index contributed by atoms with van der Waals surface area (Å²) in [6, 6.07) is 7.95. The number of aryl methyl sites for hydroxylation is 1. The van der Waals surface area contributed by atoms with E-state index in [2.05, 4.69) is 22.1 Å². The van der Waals surface area contributed by atoms with E-state index in [1.807, 2.05) is 30.5 Å². The molecule has 6 nitrogen and oxygen atoms in total. The van der Waals surface area contributed by atoms with Gasteiger partial charge in [0.05, 0.1) is 6.61 Å². The van der Waals surface area contributed by atoms with Crippen LogP contribution in [0.5, 0.6) is 5.75 Å². The second-order valence-electron chi connectivity index (χ2n) is 8.34. The number of benzene rings is 1. The number of amides is 1. The average Bonchev–Trinajstić information content (AvgIpc) is 2.81. The fourth-order valence-electron chi connectivity index (χ4n) is 4.22. The van der Waals surface area contributed by atoms with E-state index in [-0.39, 0.29) is 11.8 Å². The van der Waals surface area contributed by atoms with E-state index in [0.29, 0.717) is 6.54 Å². The average molecular weight is 409 g/mol. The fourth-order valence-corrected chi connectivity index (χ4v) is 4.22. The van der Waals surface area contributed by atoms with Gasteiger partial charge in [-0.2, -0.15) is 0 Å². The molecule has 0 radical (unpaired) electrons. The van der Waals surface area contributed by atoms with E-state index < -0.39 is 0 Å². The number of aromatic nitrogens is 2. The van der Waals surface area contributed by atoms with Crippen LogP contribution >= 0.6 is 0 Å². The smallest absolute Gasteiger partial charge is 0.225 e. The van der Waals surface area contributed by atoms with E-state index in [1.54, 1.807) is 0 Å². The van der Waals surface area contributed by atoms with Gasteiger partial charge >= 0.3 is 0 Å². The maximum Gasteiger partial charge on any atom is 0.225 e. The lowest BCUT2D eigenvalue weighted by atomic mass is 9.86. The van der Waals surface area contributed by atoms with Crippen molar-refractivity contribution in [1.82, 2.24) is 15.3 Å². The molecule has 0 saturated carbocycles. The number of hydrogen-bond donors (Lipinski definition) is 1. The van der Waals surface area contributed by atoms with Gasteiger partial charge in [-0.05, 0) is 68.2 Å². The van der Waals surface area contributed by atoms with Gasteiger partial charge in [0, 0.05) is 37.4 Å². The van der Waals surface area contributed by atoms with Gasteiger partial charge in [0.15, 0.2) is 0 Å². The van der Waals surface area contributed by atoms with E-state index in [0.717, 1.165) is 73.9 Å². The molecule has 2 aromatic rings. The van der Waals surface area contributed by atoms with Crippen molar-refractivity contribution in [1.29, 1.82) is 0 Å². The van der Waals surface area contributed by atoms with Crippen LogP contribution in [0.1, 0.15) is 55.8 Å². The number of piperidine rings is 1. The molecule has 160 valence electrons. The summed E-state index contributed by atoms with van der Waals surface area (Å²) in [4.78, 5) is 24.4. The Kier molecular flexibility index (Phi) is 6.82. The number of carbonyl (C=O) groups excluding carboxylic acids is 1. The van der Waals surface area contributed by atoms with Crippen LogP contribution in [0.4, 0.5) is 5.95 Å². The number of hydrogen-bond acceptors (Lipinski definition) is 5. The summed E-state index contributed by atoms with van der Waals surface area (Å²) < 4.78 is 5.61. The molecule has 1 atom stereocenters. The highest BCUT2D eigenvalue weighted by Crippen LogP contribution is 2.26. The predicted molar refractivity (Wildman–Crippen MR) is 118 cm³/mol. The molecule has 1 aliphatic heterocycles. The highest BCUT2D eigenvalue weighted by atomic mass is 16.5. The van der Waals surface area contributed by atoms with E-state index in [4.69, 9.17) is 9.72 Å². The van der Waals surface area contributed by atoms with Crippen LogP contribution in [0.3, 0.4) is 0 Å². The van der Waals surface area contributed by atoms with Crippen molar-refractivity contribution >= 4 is 11.9 Å². The second kappa shape index (κ2) is 9.92. The fraction of sp³-hybridized carbons (Fsp3) is 0.542. The standard InChI is InChI=1S/C24H32N4O2/c1-2-14-30-21-9-6-18(7-10-21)16-25-23(29)19-8-11-22-20(15-19)17-26-24(27-22)28-12-4-3-5-13-28/h6-7,9-10,17,19H,2-5,8,11-16H2,1H3,(H,25,29). The number of fused-ring (bicyclic) bond motifs is 1. The minimum Gasteiger partial charge on any atom is -0.494 e. The third-order valence-corrected chi connectivity index (χ3v) is 6.01. The van der Waals surface area contributed by atoms with Crippen molar-refractivity contribution in [3.05, 3.63) is 47.3 Å². The zero-order chi connectivity index (χ0) is 20.8. The minimum absolute atomic E-state index is 0.00547. The summed E-state index contributed by atoms with van der Waals surface area (Å²) in [5, 5.41) is 3.10. The van der Waals surface area contributed by atoms with Crippen molar-refractivity contribution in [2.45, 2.75) is 58.4 Å². The molecule has 1 aliphatic carbocycles. The Morgan fingerprint density at radius 2 is 2.00 bits per heavy atom. The summed E-state index contributed by atoms with van der Waals surface area (Å²) in [7, 11) is 0. The van der Waals surface area contributed by atoms with Crippen molar-refractivity contribution < 1.29 is 9.53 Å². The monoisotopic (exact) mass is 408 g/mol. The third kappa shape index (κ3) is 5.10. The van der Waals surface area contributed by atoms with Crippen LogP contribution in [-0.2, 0) is 24.2 Å². The van der Waals surface area contributed by atoms with Gasteiger partial charge in [0.25, 0.3) is 0 Å². The molecule has 1 unspecified atom stereocenters. The van der Waals surface area contributed by atoms with E-state index >= 15 is 0 Å². The first kappa shape index (κ1) is 20.6. The van der Waals surface area contributed by atoms with Gasteiger partial charge in [0.2, 0.25) is 11.9 Å². The SMILES string of the molecule is CCCOc1ccc(CNC(=O)C2CCc3nc(N4CCCCC4)ncc3C2)cc1. The molecule has 1 N–H and O–H groups in total. The molecule has 1 amide bonds. The molecule has 4 rings (SSSR count). The number of rotatable bonds is 7. The van der Waals surface area contributed by atoms with Crippen LogP contribution in [-0.4, -0.2) is 35.6 Å². The molecular formula is C24H32N4O2. The van der Waals surface area contributed by atoms with Crippen LogP contribution in [0.2, 0.25) is 0 Å². The second-order valence-corrected chi connectivity index (χ2v) is 8.34. The zero-order valence-electron chi connectivity index (χ0n) is 17.9. The van der Waals surface area contributed by atoms with Gasteiger partial charge in [0.1, 0.15) is 5.75 Å². The summed E-state index contributed by atoms with van der Waals surface area (Å²) in [6.45, 7) is 5.46. The van der Waals surface area contributed by atoms with Gasteiger partial charge in [-0.15, -0.1) is 0 Å². The quantitative estimate of drug-likeness (QED) is 0.757. The van der Waals surface area contributed by atoms with Crippen LogP contribution in [0.15, 0.2) is 30.5 Å². The highest BCUT2D eigenvalue weighted by molar-refractivity contribution is 5.79. The Morgan fingerprint density at radius 1 is 1.20 bits per heavy atom. The van der Waals surface area contributed by atoms with Crippen molar-refractivity contribution in [2.75, 3.05) is 24.6 Å². The first-order chi connectivity index (χ1) is 14.7. The lowest BCUT2D eigenvalue weighted by Gasteiger charge is -2.28. The Bertz CT molecular complexity index is 847. The number of nitrogens with one attached hydrogen (secondary N) is 1. The first-order valence-electron chi connectivity index (χ1n) is 11.3. The van der Waals surface area contributed by atoms with Crippen molar-refractivity contribution in [3.63, 3.8) is 0 Å². The topological polar surface area (TPSA) is 67.3 Å². The van der Waals surface area contributed by atoms with Gasteiger partial charge in [-0.25, -0.2) is 9.97 Å². The van der Waals surface area contributed by atoms with Crippen molar-refractivity contribution in [2.24, 2.45) is 5.92 Å². The summed E-state index contributed by atoms with van der Waals surface area (Å²) in [5.74, 6) is 1.85.